The first-order valence-corrected chi connectivity index (χ1v) is 9.56. The molecule has 0 bridgehead atoms. The molecule has 3 N–H and O–H groups in total. The molecule has 3 aromatic rings. The SMILES string of the molecule is Cc1ccc(NC(=S)NC(=O)/C=C/c2ccc(-c3ccc(C)c(Cl)c3)o2)c(O)c1. The Labute approximate surface area is 179 Å². The van der Waals surface area contributed by atoms with E-state index in [-0.39, 0.29) is 10.9 Å². The summed E-state index contributed by atoms with van der Waals surface area (Å²) in [5.41, 5.74) is 3.17. The van der Waals surface area contributed by atoms with Gasteiger partial charge in [-0.15, -0.1) is 0 Å². The minimum absolute atomic E-state index is 0.0523. The lowest BCUT2D eigenvalue weighted by Gasteiger charge is -2.10. The van der Waals surface area contributed by atoms with E-state index in [1.54, 1.807) is 24.3 Å². The fourth-order valence-electron chi connectivity index (χ4n) is 2.56. The molecule has 0 aliphatic carbocycles. The van der Waals surface area contributed by atoms with Crippen molar-refractivity contribution in [1.82, 2.24) is 5.32 Å². The zero-order chi connectivity index (χ0) is 21.0. The standard InChI is InChI=1S/C22H19ClN2O3S/c1-13-3-8-18(19(26)11-13)24-22(29)25-21(27)10-7-16-6-9-20(28-16)15-5-4-14(2)17(23)12-15/h3-12,26H,1-2H3,(H2,24,25,27,29)/b10-7+. The Morgan fingerprint density at radius 2 is 1.93 bits per heavy atom. The number of aryl methyl sites for hydroxylation is 2. The molecule has 5 nitrogen and oxygen atoms in total. The van der Waals surface area contributed by atoms with Crippen molar-refractivity contribution in [2.75, 3.05) is 5.32 Å². The van der Waals surface area contributed by atoms with Crippen LogP contribution < -0.4 is 10.6 Å². The fourth-order valence-corrected chi connectivity index (χ4v) is 2.95. The first-order chi connectivity index (χ1) is 13.8. The van der Waals surface area contributed by atoms with Crippen LogP contribution in [0.2, 0.25) is 5.02 Å². The minimum Gasteiger partial charge on any atom is -0.506 e. The van der Waals surface area contributed by atoms with Gasteiger partial charge in [-0.2, -0.15) is 0 Å². The zero-order valence-electron chi connectivity index (χ0n) is 15.8. The number of furan rings is 1. The summed E-state index contributed by atoms with van der Waals surface area (Å²) >= 11 is 11.3. The van der Waals surface area contributed by atoms with E-state index in [1.165, 1.54) is 6.08 Å². The highest BCUT2D eigenvalue weighted by Gasteiger charge is 2.07. The number of anilines is 1. The number of aromatic hydroxyl groups is 1. The molecule has 0 fully saturated rings. The second-order valence-electron chi connectivity index (χ2n) is 6.46. The molecule has 0 saturated carbocycles. The number of hydrogen-bond acceptors (Lipinski definition) is 4. The van der Waals surface area contributed by atoms with Gasteiger partial charge in [0.05, 0.1) is 5.69 Å². The highest BCUT2D eigenvalue weighted by molar-refractivity contribution is 7.80. The van der Waals surface area contributed by atoms with Crippen molar-refractivity contribution in [2.24, 2.45) is 0 Å². The summed E-state index contributed by atoms with van der Waals surface area (Å²) in [5, 5.41) is 15.9. The Kier molecular flexibility index (Phi) is 6.36. The Bertz CT molecular complexity index is 1110. The van der Waals surface area contributed by atoms with Gasteiger partial charge in [0, 0.05) is 16.7 Å². The summed E-state index contributed by atoms with van der Waals surface area (Å²) in [6, 6.07) is 14.3. The second-order valence-corrected chi connectivity index (χ2v) is 7.28. The lowest BCUT2D eigenvalue weighted by atomic mass is 10.1. The predicted molar refractivity (Wildman–Crippen MR) is 120 cm³/mol. The summed E-state index contributed by atoms with van der Waals surface area (Å²) in [7, 11) is 0. The van der Waals surface area contributed by atoms with Crippen LogP contribution in [-0.4, -0.2) is 16.1 Å². The topological polar surface area (TPSA) is 74.5 Å². The maximum absolute atomic E-state index is 12.1. The molecule has 0 spiro atoms. The van der Waals surface area contributed by atoms with Crippen molar-refractivity contribution < 1.29 is 14.3 Å². The van der Waals surface area contributed by atoms with Crippen molar-refractivity contribution in [3.8, 4) is 17.1 Å². The van der Waals surface area contributed by atoms with Crippen LogP contribution in [0.5, 0.6) is 5.75 Å². The molecule has 29 heavy (non-hydrogen) atoms. The van der Waals surface area contributed by atoms with Crippen LogP contribution in [0, 0.1) is 13.8 Å². The third-order valence-electron chi connectivity index (χ3n) is 4.12. The monoisotopic (exact) mass is 426 g/mol. The molecule has 148 valence electrons. The maximum atomic E-state index is 12.1. The lowest BCUT2D eigenvalue weighted by Crippen LogP contribution is -2.32. The maximum Gasteiger partial charge on any atom is 0.250 e. The van der Waals surface area contributed by atoms with Gasteiger partial charge < -0.3 is 14.8 Å². The number of phenols is 1. The van der Waals surface area contributed by atoms with Crippen molar-refractivity contribution in [2.45, 2.75) is 13.8 Å². The van der Waals surface area contributed by atoms with Gasteiger partial charge in [-0.25, -0.2) is 0 Å². The van der Waals surface area contributed by atoms with Crippen LogP contribution in [0.4, 0.5) is 5.69 Å². The third-order valence-corrected chi connectivity index (χ3v) is 4.73. The van der Waals surface area contributed by atoms with E-state index in [4.69, 9.17) is 28.2 Å². The van der Waals surface area contributed by atoms with E-state index >= 15 is 0 Å². The van der Waals surface area contributed by atoms with Crippen LogP contribution in [0.3, 0.4) is 0 Å². The van der Waals surface area contributed by atoms with Crippen LogP contribution in [0.25, 0.3) is 17.4 Å². The molecular weight excluding hydrogens is 408 g/mol. The van der Waals surface area contributed by atoms with Gasteiger partial charge in [0.1, 0.15) is 17.3 Å². The van der Waals surface area contributed by atoms with Crippen molar-refractivity contribution in [3.05, 3.63) is 76.5 Å². The zero-order valence-corrected chi connectivity index (χ0v) is 17.4. The van der Waals surface area contributed by atoms with Gasteiger partial charge in [0.25, 0.3) is 0 Å². The first kappa shape index (κ1) is 20.6. The number of halogens is 1. The summed E-state index contributed by atoms with van der Waals surface area (Å²) in [4.78, 5) is 12.1. The number of carbonyl (C=O) groups excluding carboxylic acids is 1. The number of thiocarbonyl (C=S) groups is 1. The molecule has 0 radical (unpaired) electrons. The Balaban J connectivity index is 1.59. The molecule has 0 unspecified atom stereocenters. The van der Waals surface area contributed by atoms with Gasteiger partial charge in [-0.1, -0.05) is 29.8 Å². The highest BCUT2D eigenvalue weighted by Crippen LogP contribution is 2.27. The average molecular weight is 427 g/mol. The molecule has 0 saturated heterocycles. The quantitative estimate of drug-likeness (QED) is 0.294. The van der Waals surface area contributed by atoms with Gasteiger partial charge in [-0.3, -0.25) is 10.1 Å². The molecule has 1 amide bonds. The lowest BCUT2D eigenvalue weighted by molar-refractivity contribution is -0.115. The molecule has 0 aliphatic rings. The molecule has 1 aromatic heterocycles. The number of amides is 1. The summed E-state index contributed by atoms with van der Waals surface area (Å²) in [6.45, 7) is 3.79. The molecule has 0 atom stereocenters. The van der Waals surface area contributed by atoms with E-state index in [9.17, 15) is 9.90 Å². The van der Waals surface area contributed by atoms with Gasteiger partial charge in [-0.05, 0) is 73.6 Å². The highest BCUT2D eigenvalue weighted by atomic mass is 35.5. The van der Waals surface area contributed by atoms with Gasteiger partial charge in [0.2, 0.25) is 5.91 Å². The number of benzene rings is 2. The summed E-state index contributed by atoms with van der Waals surface area (Å²) in [6.07, 6.45) is 2.86. The number of carbonyl (C=O) groups is 1. The van der Waals surface area contributed by atoms with E-state index in [0.717, 1.165) is 16.7 Å². The van der Waals surface area contributed by atoms with E-state index < -0.39 is 5.91 Å². The smallest absolute Gasteiger partial charge is 0.250 e. The average Bonchev–Trinajstić information content (AvgIpc) is 3.14. The van der Waals surface area contributed by atoms with Crippen LogP contribution in [0.1, 0.15) is 16.9 Å². The van der Waals surface area contributed by atoms with Gasteiger partial charge in [0.15, 0.2) is 5.11 Å². The van der Waals surface area contributed by atoms with Crippen LogP contribution in [0.15, 0.2) is 59.0 Å². The number of hydrogen-bond donors (Lipinski definition) is 3. The Hall–Kier alpha value is -3.09. The number of phenolic OH excluding ortho intramolecular Hbond substituents is 1. The Morgan fingerprint density at radius 1 is 1.14 bits per heavy atom. The van der Waals surface area contributed by atoms with Crippen molar-refractivity contribution in [3.63, 3.8) is 0 Å². The molecule has 7 heteroatoms. The summed E-state index contributed by atoms with van der Waals surface area (Å²) < 4.78 is 5.74. The van der Waals surface area contributed by atoms with Crippen LogP contribution in [-0.2, 0) is 4.79 Å². The minimum atomic E-state index is -0.426. The molecule has 3 rings (SSSR count). The molecule has 1 heterocycles. The van der Waals surface area contributed by atoms with Gasteiger partial charge >= 0.3 is 0 Å². The van der Waals surface area contributed by atoms with E-state index in [0.29, 0.717) is 22.2 Å². The predicted octanol–water partition coefficient (Wildman–Crippen LogP) is 5.45. The summed E-state index contributed by atoms with van der Waals surface area (Å²) in [5.74, 6) is 0.794. The number of nitrogens with one attached hydrogen (secondary N) is 2. The number of rotatable bonds is 4. The largest absolute Gasteiger partial charge is 0.506 e. The van der Waals surface area contributed by atoms with E-state index in [2.05, 4.69) is 10.6 Å². The molecule has 0 aliphatic heterocycles. The fraction of sp³-hybridized carbons (Fsp3) is 0.0909. The third kappa shape index (κ3) is 5.47. The van der Waals surface area contributed by atoms with Crippen molar-refractivity contribution >= 4 is 46.6 Å². The Morgan fingerprint density at radius 3 is 2.66 bits per heavy atom. The molecular formula is C22H19ClN2O3S. The van der Waals surface area contributed by atoms with E-state index in [1.807, 2.05) is 44.2 Å². The molecule has 2 aromatic carbocycles. The normalized spacial score (nSPS) is 10.9. The van der Waals surface area contributed by atoms with Crippen LogP contribution >= 0.6 is 23.8 Å². The second kappa shape index (κ2) is 8.94. The van der Waals surface area contributed by atoms with Crippen molar-refractivity contribution in [1.29, 1.82) is 0 Å². The first-order valence-electron chi connectivity index (χ1n) is 8.78.